The fraction of sp³-hybridized carbons (Fsp3) is 0.600. The van der Waals surface area contributed by atoms with Gasteiger partial charge in [-0.3, -0.25) is 4.79 Å². The number of aliphatic carboxylic acids is 1. The molecular formula is C10H16N2O2. The lowest BCUT2D eigenvalue weighted by molar-refractivity contribution is -0.137. The summed E-state index contributed by atoms with van der Waals surface area (Å²) in [4.78, 5) is 14.8. The molecule has 0 saturated carbocycles. The van der Waals surface area contributed by atoms with Crippen molar-refractivity contribution in [2.24, 2.45) is 0 Å². The summed E-state index contributed by atoms with van der Waals surface area (Å²) >= 11 is 0. The van der Waals surface area contributed by atoms with Crippen LogP contribution in [0.25, 0.3) is 0 Å². The quantitative estimate of drug-likeness (QED) is 0.782. The van der Waals surface area contributed by atoms with Crippen LogP contribution in [0.3, 0.4) is 0 Å². The van der Waals surface area contributed by atoms with E-state index in [2.05, 4.69) is 4.98 Å². The molecule has 1 heterocycles. The SMILES string of the molecule is CCc1nccn1C(CC)CC(=O)O. The number of aromatic nitrogens is 2. The number of rotatable bonds is 5. The molecular weight excluding hydrogens is 180 g/mol. The fourth-order valence-corrected chi connectivity index (χ4v) is 1.59. The van der Waals surface area contributed by atoms with Crippen molar-refractivity contribution < 1.29 is 9.90 Å². The third-order valence-electron chi connectivity index (χ3n) is 2.34. The van der Waals surface area contributed by atoms with Gasteiger partial charge in [-0.2, -0.15) is 0 Å². The molecule has 0 saturated heterocycles. The zero-order valence-electron chi connectivity index (χ0n) is 8.60. The van der Waals surface area contributed by atoms with Crippen molar-refractivity contribution in [1.82, 2.24) is 9.55 Å². The molecule has 0 fully saturated rings. The Morgan fingerprint density at radius 2 is 2.36 bits per heavy atom. The monoisotopic (exact) mass is 196 g/mol. The topological polar surface area (TPSA) is 55.1 Å². The van der Waals surface area contributed by atoms with Crippen molar-refractivity contribution in [2.75, 3.05) is 0 Å². The van der Waals surface area contributed by atoms with Crippen LogP contribution in [0.1, 0.15) is 38.6 Å². The average molecular weight is 196 g/mol. The molecule has 4 heteroatoms. The summed E-state index contributed by atoms with van der Waals surface area (Å²) in [6.45, 7) is 4.01. The number of carboxylic acids is 1. The van der Waals surface area contributed by atoms with Gasteiger partial charge in [0.1, 0.15) is 5.82 Å². The smallest absolute Gasteiger partial charge is 0.305 e. The predicted octanol–water partition coefficient (Wildman–Crippen LogP) is 1.87. The van der Waals surface area contributed by atoms with E-state index < -0.39 is 5.97 Å². The molecule has 1 aromatic rings. The highest BCUT2D eigenvalue weighted by Crippen LogP contribution is 2.17. The van der Waals surface area contributed by atoms with Gasteiger partial charge in [-0.25, -0.2) is 4.98 Å². The van der Waals surface area contributed by atoms with E-state index in [0.717, 1.165) is 18.7 Å². The minimum absolute atomic E-state index is 0.0324. The standard InChI is InChI=1S/C10H16N2O2/c1-3-8(7-10(13)14)12-6-5-11-9(12)4-2/h5-6,8H,3-4,7H2,1-2H3,(H,13,14). The first kappa shape index (κ1) is 10.8. The van der Waals surface area contributed by atoms with E-state index in [4.69, 9.17) is 5.11 Å². The van der Waals surface area contributed by atoms with E-state index in [0.29, 0.717) is 0 Å². The normalized spacial score (nSPS) is 12.7. The molecule has 0 amide bonds. The van der Waals surface area contributed by atoms with E-state index in [9.17, 15) is 4.79 Å². The highest BCUT2D eigenvalue weighted by atomic mass is 16.4. The van der Waals surface area contributed by atoms with E-state index in [1.54, 1.807) is 6.20 Å². The Hall–Kier alpha value is -1.32. The Labute approximate surface area is 83.6 Å². The van der Waals surface area contributed by atoms with Crippen molar-refractivity contribution in [3.05, 3.63) is 18.2 Å². The van der Waals surface area contributed by atoms with Crippen molar-refractivity contribution in [3.63, 3.8) is 0 Å². The molecule has 1 atom stereocenters. The van der Waals surface area contributed by atoms with Crippen LogP contribution in [0.5, 0.6) is 0 Å². The summed E-state index contributed by atoms with van der Waals surface area (Å²) in [6, 6.07) is 0.0324. The summed E-state index contributed by atoms with van der Waals surface area (Å²) in [5.74, 6) is 0.200. The van der Waals surface area contributed by atoms with Crippen LogP contribution in [-0.2, 0) is 11.2 Å². The first-order chi connectivity index (χ1) is 6.69. The van der Waals surface area contributed by atoms with Crippen LogP contribution in [0, 0.1) is 0 Å². The summed E-state index contributed by atoms with van der Waals surface area (Å²) in [5.41, 5.74) is 0. The van der Waals surface area contributed by atoms with E-state index in [-0.39, 0.29) is 12.5 Å². The second kappa shape index (κ2) is 4.79. The number of carbonyl (C=O) groups is 1. The Bertz CT molecular complexity index is 307. The molecule has 0 aliphatic carbocycles. The molecule has 0 aliphatic rings. The maximum atomic E-state index is 10.6. The molecule has 0 aromatic carbocycles. The number of nitrogens with zero attached hydrogens (tertiary/aromatic N) is 2. The Kier molecular flexibility index (Phi) is 3.68. The van der Waals surface area contributed by atoms with Gasteiger partial charge in [0.05, 0.1) is 6.42 Å². The number of hydrogen-bond donors (Lipinski definition) is 1. The Morgan fingerprint density at radius 3 is 2.86 bits per heavy atom. The third kappa shape index (κ3) is 2.34. The Morgan fingerprint density at radius 1 is 1.64 bits per heavy atom. The Balaban J connectivity index is 2.82. The molecule has 0 radical (unpaired) electrons. The maximum Gasteiger partial charge on any atom is 0.305 e. The van der Waals surface area contributed by atoms with E-state index >= 15 is 0 Å². The van der Waals surface area contributed by atoms with Crippen molar-refractivity contribution in [3.8, 4) is 0 Å². The van der Waals surface area contributed by atoms with Crippen LogP contribution >= 0.6 is 0 Å². The largest absolute Gasteiger partial charge is 0.481 e. The lowest BCUT2D eigenvalue weighted by atomic mass is 10.1. The van der Waals surface area contributed by atoms with Gasteiger partial charge in [-0.1, -0.05) is 13.8 Å². The number of hydrogen-bond acceptors (Lipinski definition) is 2. The van der Waals surface area contributed by atoms with Gasteiger partial charge < -0.3 is 9.67 Å². The highest BCUT2D eigenvalue weighted by Gasteiger charge is 2.14. The zero-order valence-corrected chi connectivity index (χ0v) is 8.60. The lowest BCUT2D eigenvalue weighted by Gasteiger charge is -2.16. The van der Waals surface area contributed by atoms with Crippen molar-refractivity contribution >= 4 is 5.97 Å². The molecule has 1 aromatic heterocycles. The van der Waals surface area contributed by atoms with Gasteiger partial charge in [0.15, 0.2) is 0 Å². The minimum Gasteiger partial charge on any atom is -0.481 e. The van der Waals surface area contributed by atoms with Gasteiger partial charge in [-0.05, 0) is 6.42 Å². The molecule has 0 aliphatic heterocycles. The number of imidazole rings is 1. The summed E-state index contributed by atoms with van der Waals surface area (Å²) < 4.78 is 1.97. The first-order valence-corrected chi connectivity index (χ1v) is 4.92. The minimum atomic E-state index is -0.757. The lowest BCUT2D eigenvalue weighted by Crippen LogP contribution is -2.14. The van der Waals surface area contributed by atoms with Gasteiger partial charge in [-0.15, -0.1) is 0 Å². The van der Waals surface area contributed by atoms with Gasteiger partial charge in [0.25, 0.3) is 0 Å². The summed E-state index contributed by atoms with van der Waals surface area (Å²) in [6.07, 6.45) is 5.40. The second-order valence-electron chi connectivity index (χ2n) is 3.26. The molecule has 1 unspecified atom stereocenters. The van der Waals surface area contributed by atoms with Gasteiger partial charge in [0, 0.05) is 24.9 Å². The van der Waals surface area contributed by atoms with Gasteiger partial charge >= 0.3 is 5.97 Å². The van der Waals surface area contributed by atoms with E-state index in [1.807, 2.05) is 24.6 Å². The summed E-state index contributed by atoms with van der Waals surface area (Å²) in [5, 5.41) is 8.74. The molecule has 4 nitrogen and oxygen atoms in total. The number of carboxylic acid groups (broad SMARTS) is 1. The third-order valence-corrected chi connectivity index (χ3v) is 2.34. The maximum absolute atomic E-state index is 10.6. The van der Waals surface area contributed by atoms with Crippen LogP contribution in [0.4, 0.5) is 0 Å². The molecule has 1 N–H and O–H groups in total. The average Bonchev–Trinajstić information content (AvgIpc) is 2.61. The molecule has 0 spiro atoms. The highest BCUT2D eigenvalue weighted by molar-refractivity contribution is 5.67. The molecule has 1 rings (SSSR count). The molecule has 78 valence electrons. The van der Waals surface area contributed by atoms with Crippen LogP contribution in [0.2, 0.25) is 0 Å². The molecule has 0 bridgehead atoms. The van der Waals surface area contributed by atoms with E-state index in [1.165, 1.54) is 0 Å². The van der Waals surface area contributed by atoms with Gasteiger partial charge in [0.2, 0.25) is 0 Å². The zero-order chi connectivity index (χ0) is 10.6. The fourth-order valence-electron chi connectivity index (χ4n) is 1.59. The predicted molar refractivity (Wildman–Crippen MR) is 53.2 cm³/mol. The molecule has 14 heavy (non-hydrogen) atoms. The van der Waals surface area contributed by atoms with Crippen LogP contribution in [-0.4, -0.2) is 20.6 Å². The second-order valence-corrected chi connectivity index (χ2v) is 3.26. The first-order valence-electron chi connectivity index (χ1n) is 4.92. The van der Waals surface area contributed by atoms with Crippen LogP contribution in [0.15, 0.2) is 12.4 Å². The number of aryl methyl sites for hydroxylation is 1. The van der Waals surface area contributed by atoms with Crippen LogP contribution < -0.4 is 0 Å². The van der Waals surface area contributed by atoms with Crippen molar-refractivity contribution in [2.45, 2.75) is 39.2 Å². The van der Waals surface area contributed by atoms with Crippen molar-refractivity contribution in [1.29, 1.82) is 0 Å². The summed E-state index contributed by atoms with van der Waals surface area (Å²) in [7, 11) is 0.